The van der Waals surface area contributed by atoms with Gasteiger partial charge in [-0.2, -0.15) is 0 Å². The number of aromatic nitrogens is 3. The number of benzene rings is 3. The number of carbonyl (C=O) groups is 1. The quantitative estimate of drug-likeness (QED) is 0.490. The molecule has 30 heavy (non-hydrogen) atoms. The summed E-state index contributed by atoms with van der Waals surface area (Å²) in [7, 11) is 0. The van der Waals surface area contributed by atoms with Gasteiger partial charge in [-0.15, -0.1) is 5.10 Å². The van der Waals surface area contributed by atoms with Crippen LogP contribution in [0.5, 0.6) is 0 Å². The van der Waals surface area contributed by atoms with Gasteiger partial charge < -0.3 is 5.32 Å². The molecule has 0 aliphatic heterocycles. The summed E-state index contributed by atoms with van der Waals surface area (Å²) in [5.74, 6) is -0.181. The van der Waals surface area contributed by atoms with Crippen LogP contribution in [0, 0.1) is 0 Å². The van der Waals surface area contributed by atoms with Crippen LogP contribution in [0.3, 0.4) is 0 Å². The first-order valence-electron chi connectivity index (χ1n) is 10.1. The second-order valence-electron chi connectivity index (χ2n) is 7.52. The third kappa shape index (κ3) is 4.15. The monoisotopic (exact) mass is 396 g/mol. The molecule has 0 unspecified atom stereocenters. The molecule has 0 aliphatic rings. The van der Waals surface area contributed by atoms with Gasteiger partial charge >= 0.3 is 0 Å². The van der Waals surface area contributed by atoms with Gasteiger partial charge in [0.05, 0.1) is 23.5 Å². The van der Waals surface area contributed by atoms with Crippen LogP contribution in [0.2, 0.25) is 0 Å². The summed E-state index contributed by atoms with van der Waals surface area (Å²) in [6.45, 7) is 4.20. The fourth-order valence-electron chi connectivity index (χ4n) is 3.55. The maximum Gasteiger partial charge on any atom is 0.236 e. The molecule has 1 amide bonds. The Hall–Kier alpha value is -3.73. The van der Waals surface area contributed by atoms with Crippen LogP contribution in [0.15, 0.2) is 91.1 Å². The van der Waals surface area contributed by atoms with Crippen molar-refractivity contribution in [2.75, 3.05) is 5.32 Å². The largest absolute Gasteiger partial charge is 0.325 e. The fourth-order valence-corrected chi connectivity index (χ4v) is 3.55. The molecule has 1 aromatic heterocycles. The minimum atomic E-state index is -0.395. The van der Waals surface area contributed by atoms with Crippen molar-refractivity contribution in [2.45, 2.75) is 25.7 Å². The number of nitrogens with zero attached hydrogens (tertiary/aromatic N) is 3. The summed E-state index contributed by atoms with van der Waals surface area (Å²) in [4.78, 5) is 13.3. The SMILES string of the molecule is CC(C)c1cnnn1-c1cccc(NC(=O)C(c2ccccc2)c2ccccc2)c1. The summed E-state index contributed by atoms with van der Waals surface area (Å²) in [6, 6.07) is 27.4. The number of rotatable bonds is 6. The molecule has 0 aliphatic carbocycles. The lowest BCUT2D eigenvalue weighted by Crippen LogP contribution is -2.22. The second-order valence-corrected chi connectivity index (χ2v) is 7.52. The zero-order valence-electron chi connectivity index (χ0n) is 17.1. The van der Waals surface area contributed by atoms with Gasteiger partial charge in [-0.25, -0.2) is 4.68 Å². The molecule has 0 bridgehead atoms. The van der Waals surface area contributed by atoms with E-state index in [4.69, 9.17) is 0 Å². The highest BCUT2D eigenvalue weighted by Crippen LogP contribution is 2.27. The van der Waals surface area contributed by atoms with Gasteiger partial charge in [-0.05, 0) is 35.2 Å². The Morgan fingerprint density at radius 2 is 1.50 bits per heavy atom. The summed E-state index contributed by atoms with van der Waals surface area (Å²) in [6.07, 6.45) is 1.77. The minimum absolute atomic E-state index is 0.0766. The Bertz CT molecular complexity index is 1080. The number of hydrogen-bond acceptors (Lipinski definition) is 3. The lowest BCUT2D eigenvalue weighted by molar-refractivity contribution is -0.116. The van der Waals surface area contributed by atoms with Crippen molar-refractivity contribution in [3.8, 4) is 5.69 Å². The Morgan fingerprint density at radius 3 is 2.10 bits per heavy atom. The predicted molar refractivity (Wildman–Crippen MR) is 119 cm³/mol. The van der Waals surface area contributed by atoms with E-state index in [0.29, 0.717) is 5.92 Å². The first kappa shape index (κ1) is 19.6. The van der Waals surface area contributed by atoms with Crippen LogP contribution in [0.25, 0.3) is 5.69 Å². The first-order valence-corrected chi connectivity index (χ1v) is 10.1. The zero-order chi connectivity index (χ0) is 20.9. The molecule has 1 heterocycles. The van der Waals surface area contributed by atoms with E-state index in [0.717, 1.165) is 28.2 Å². The van der Waals surface area contributed by atoms with Crippen LogP contribution in [0.4, 0.5) is 5.69 Å². The molecular formula is C25H24N4O. The number of nitrogens with one attached hydrogen (secondary N) is 1. The van der Waals surface area contributed by atoms with Crippen LogP contribution in [0.1, 0.15) is 42.5 Å². The summed E-state index contributed by atoms with van der Waals surface area (Å²) in [5.41, 5.74) is 4.51. The molecule has 0 saturated heterocycles. The third-order valence-electron chi connectivity index (χ3n) is 5.05. The van der Waals surface area contributed by atoms with Crippen LogP contribution in [-0.2, 0) is 4.79 Å². The van der Waals surface area contributed by atoms with Gasteiger partial charge in [0.1, 0.15) is 0 Å². The fraction of sp³-hybridized carbons (Fsp3) is 0.160. The van der Waals surface area contributed by atoms with E-state index in [1.807, 2.05) is 89.6 Å². The molecule has 150 valence electrons. The average Bonchev–Trinajstić information content (AvgIpc) is 3.26. The maximum atomic E-state index is 13.3. The first-order chi connectivity index (χ1) is 14.6. The highest BCUT2D eigenvalue weighted by molar-refractivity contribution is 5.98. The molecular weight excluding hydrogens is 372 g/mol. The summed E-state index contributed by atoms with van der Waals surface area (Å²) < 4.78 is 1.81. The van der Waals surface area contributed by atoms with Crippen LogP contribution in [-0.4, -0.2) is 20.9 Å². The Balaban J connectivity index is 1.64. The van der Waals surface area contributed by atoms with Crippen LogP contribution < -0.4 is 5.32 Å². The number of amides is 1. The highest BCUT2D eigenvalue weighted by Gasteiger charge is 2.23. The van der Waals surface area contributed by atoms with E-state index in [9.17, 15) is 4.79 Å². The number of hydrogen-bond donors (Lipinski definition) is 1. The van der Waals surface area contributed by atoms with Gasteiger partial charge in [-0.1, -0.05) is 85.8 Å². The van der Waals surface area contributed by atoms with Gasteiger partial charge in [0.25, 0.3) is 0 Å². The standard InChI is InChI=1S/C25H24N4O/c1-18(2)23-17-26-28-29(23)22-15-9-14-21(16-22)27-25(30)24(19-10-5-3-6-11-19)20-12-7-4-8-13-20/h3-18,24H,1-2H3,(H,27,30). The van der Waals surface area contributed by atoms with E-state index in [-0.39, 0.29) is 5.91 Å². The minimum Gasteiger partial charge on any atom is -0.325 e. The van der Waals surface area contributed by atoms with E-state index < -0.39 is 5.92 Å². The van der Waals surface area contributed by atoms with Crippen molar-refractivity contribution in [2.24, 2.45) is 0 Å². The van der Waals surface area contributed by atoms with Gasteiger partial charge in [0, 0.05) is 5.69 Å². The number of carbonyl (C=O) groups excluding carboxylic acids is 1. The molecule has 5 heteroatoms. The third-order valence-corrected chi connectivity index (χ3v) is 5.05. The molecule has 4 rings (SSSR count). The van der Waals surface area contributed by atoms with Crippen molar-refractivity contribution in [3.05, 3.63) is 108 Å². The van der Waals surface area contributed by atoms with Crippen molar-refractivity contribution in [3.63, 3.8) is 0 Å². The van der Waals surface area contributed by atoms with E-state index in [1.165, 1.54) is 0 Å². The van der Waals surface area contributed by atoms with Crippen molar-refractivity contribution < 1.29 is 4.79 Å². The Labute approximate surface area is 176 Å². The van der Waals surface area contributed by atoms with E-state index >= 15 is 0 Å². The topological polar surface area (TPSA) is 59.8 Å². The van der Waals surface area contributed by atoms with Crippen LogP contribution >= 0.6 is 0 Å². The summed E-state index contributed by atoms with van der Waals surface area (Å²) >= 11 is 0. The molecule has 5 nitrogen and oxygen atoms in total. The lowest BCUT2D eigenvalue weighted by Gasteiger charge is -2.18. The average molecular weight is 396 g/mol. The zero-order valence-corrected chi connectivity index (χ0v) is 17.1. The van der Waals surface area contributed by atoms with Gasteiger partial charge in [0.15, 0.2) is 0 Å². The lowest BCUT2D eigenvalue weighted by atomic mass is 9.90. The smallest absolute Gasteiger partial charge is 0.236 e. The maximum absolute atomic E-state index is 13.3. The molecule has 0 spiro atoms. The predicted octanol–water partition coefficient (Wildman–Crippen LogP) is 5.16. The molecule has 1 N–H and O–H groups in total. The molecule has 0 fully saturated rings. The second kappa shape index (κ2) is 8.74. The number of anilines is 1. The van der Waals surface area contributed by atoms with Crippen molar-refractivity contribution in [1.29, 1.82) is 0 Å². The van der Waals surface area contributed by atoms with E-state index in [2.05, 4.69) is 29.5 Å². The van der Waals surface area contributed by atoms with E-state index in [1.54, 1.807) is 6.20 Å². The van der Waals surface area contributed by atoms with Crippen molar-refractivity contribution >= 4 is 11.6 Å². The summed E-state index contributed by atoms with van der Waals surface area (Å²) in [5, 5.41) is 11.3. The highest BCUT2D eigenvalue weighted by atomic mass is 16.1. The normalized spacial score (nSPS) is 11.1. The molecule has 0 saturated carbocycles. The van der Waals surface area contributed by atoms with Gasteiger partial charge in [-0.3, -0.25) is 4.79 Å². The Morgan fingerprint density at radius 1 is 0.867 bits per heavy atom. The Kier molecular flexibility index (Phi) is 5.70. The van der Waals surface area contributed by atoms with Gasteiger partial charge in [0.2, 0.25) is 5.91 Å². The molecule has 0 radical (unpaired) electrons. The van der Waals surface area contributed by atoms with Crippen molar-refractivity contribution in [1.82, 2.24) is 15.0 Å². The molecule has 0 atom stereocenters. The molecule has 3 aromatic carbocycles. The molecule has 4 aromatic rings.